The summed E-state index contributed by atoms with van der Waals surface area (Å²) in [6.45, 7) is 2.92. The standard InChI is InChI=1S/C9H12N4O/c1-2-4-13-5-3-6-7(13)11-9(10)12-8(6)14/h3,5H,2,4H2,1H3,(H3,10,11,12,14). The first-order valence-corrected chi connectivity index (χ1v) is 4.57. The first-order chi connectivity index (χ1) is 6.72. The van der Waals surface area contributed by atoms with Gasteiger partial charge in [-0.1, -0.05) is 6.92 Å². The Bertz CT molecular complexity index is 511. The SMILES string of the molecule is CCCn1ccc2c(=O)[nH]c(N)nc21. The molecule has 2 aromatic heterocycles. The van der Waals surface area contributed by atoms with Crippen molar-refractivity contribution in [3.8, 4) is 0 Å². The molecule has 0 aliphatic rings. The van der Waals surface area contributed by atoms with E-state index in [1.807, 2.05) is 10.8 Å². The molecule has 0 saturated heterocycles. The van der Waals surface area contributed by atoms with Crippen LogP contribution in [0.5, 0.6) is 0 Å². The number of anilines is 1. The van der Waals surface area contributed by atoms with Gasteiger partial charge in [0.05, 0.1) is 5.39 Å². The molecule has 0 radical (unpaired) electrons. The lowest BCUT2D eigenvalue weighted by Gasteiger charge is -2.01. The predicted molar refractivity (Wildman–Crippen MR) is 55.1 cm³/mol. The van der Waals surface area contributed by atoms with Crippen LogP contribution in [0.15, 0.2) is 17.1 Å². The number of hydrogen-bond donors (Lipinski definition) is 2. The Kier molecular flexibility index (Phi) is 1.99. The van der Waals surface area contributed by atoms with Gasteiger partial charge in [0.2, 0.25) is 5.95 Å². The molecule has 0 saturated carbocycles. The van der Waals surface area contributed by atoms with Gasteiger partial charge in [-0.25, -0.2) is 0 Å². The van der Waals surface area contributed by atoms with E-state index >= 15 is 0 Å². The molecule has 0 bridgehead atoms. The second-order valence-corrected chi connectivity index (χ2v) is 3.20. The van der Waals surface area contributed by atoms with E-state index in [1.165, 1.54) is 0 Å². The first kappa shape index (κ1) is 8.80. The van der Waals surface area contributed by atoms with Gasteiger partial charge in [-0.05, 0) is 12.5 Å². The quantitative estimate of drug-likeness (QED) is 0.735. The third-order valence-corrected chi connectivity index (χ3v) is 2.11. The lowest BCUT2D eigenvalue weighted by atomic mass is 10.4. The zero-order valence-corrected chi connectivity index (χ0v) is 7.95. The molecule has 0 unspecified atom stereocenters. The molecule has 3 N–H and O–H groups in total. The van der Waals surface area contributed by atoms with Crippen molar-refractivity contribution < 1.29 is 0 Å². The van der Waals surface area contributed by atoms with Crippen molar-refractivity contribution in [2.24, 2.45) is 0 Å². The monoisotopic (exact) mass is 192 g/mol. The highest BCUT2D eigenvalue weighted by Gasteiger charge is 2.05. The number of nitrogen functional groups attached to an aromatic ring is 1. The van der Waals surface area contributed by atoms with Crippen LogP contribution in [0.2, 0.25) is 0 Å². The lowest BCUT2D eigenvalue weighted by Crippen LogP contribution is -2.11. The number of H-pyrrole nitrogens is 1. The number of nitrogens with zero attached hydrogens (tertiary/aromatic N) is 2. The normalized spacial score (nSPS) is 10.9. The molecule has 2 aromatic rings. The van der Waals surface area contributed by atoms with Crippen molar-refractivity contribution >= 4 is 17.0 Å². The van der Waals surface area contributed by atoms with Crippen LogP contribution in [0.3, 0.4) is 0 Å². The average molecular weight is 192 g/mol. The predicted octanol–water partition coefficient (Wildman–Crippen LogP) is 0.717. The number of nitrogens with two attached hydrogens (primary N) is 1. The largest absolute Gasteiger partial charge is 0.369 e. The topological polar surface area (TPSA) is 76.7 Å². The summed E-state index contributed by atoms with van der Waals surface area (Å²) >= 11 is 0. The number of aromatic nitrogens is 3. The van der Waals surface area contributed by atoms with Crippen LogP contribution in [-0.4, -0.2) is 14.5 Å². The van der Waals surface area contributed by atoms with Crippen LogP contribution >= 0.6 is 0 Å². The average Bonchev–Trinajstić information content (AvgIpc) is 2.49. The summed E-state index contributed by atoms with van der Waals surface area (Å²) in [5, 5.41) is 0.590. The highest BCUT2D eigenvalue weighted by atomic mass is 16.1. The molecule has 5 heteroatoms. The zero-order chi connectivity index (χ0) is 10.1. The van der Waals surface area contributed by atoms with E-state index in [0.29, 0.717) is 11.0 Å². The second kappa shape index (κ2) is 3.17. The summed E-state index contributed by atoms with van der Waals surface area (Å²) in [6.07, 6.45) is 2.86. The van der Waals surface area contributed by atoms with Gasteiger partial charge in [0.1, 0.15) is 5.65 Å². The van der Waals surface area contributed by atoms with Gasteiger partial charge in [-0.3, -0.25) is 9.78 Å². The Morgan fingerprint density at radius 1 is 1.64 bits per heavy atom. The molecule has 2 rings (SSSR count). The molecule has 0 aliphatic heterocycles. The van der Waals surface area contributed by atoms with Crippen molar-refractivity contribution in [3.05, 3.63) is 22.6 Å². The number of rotatable bonds is 2. The number of fused-ring (bicyclic) bond motifs is 1. The van der Waals surface area contributed by atoms with E-state index in [9.17, 15) is 4.79 Å². The Hall–Kier alpha value is -1.78. The van der Waals surface area contributed by atoms with Crippen molar-refractivity contribution in [1.82, 2.24) is 14.5 Å². The molecule has 0 amide bonds. The van der Waals surface area contributed by atoms with Gasteiger partial charge in [-0.2, -0.15) is 4.98 Å². The summed E-state index contributed by atoms with van der Waals surface area (Å²) in [6, 6.07) is 1.76. The molecular weight excluding hydrogens is 180 g/mol. The number of nitrogens with one attached hydrogen (secondary N) is 1. The fourth-order valence-corrected chi connectivity index (χ4v) is 1.51. The maximum atomic E-state index is 11.4. The Morgan fingerprint density at radius 3 is 3.14 bits per heavy atom. The highest BCUT2D eigenvalue weighted by molar-refractivity contribution is 5.75. The first-order valence-electron chi connectivity index (χ1n) is 4.57. The van der Waals surface area contributed by atoms with Gasteiger partial charge in [0.25, 0.3) is 5.56 Å². The molecule has 0 aromatic carbocycles. The molecular formula is C9H12N4O. The summed E-state index contributed by atoms with van der Waals surface area (Å²) in [7, 11) is 0. The van der Waals surface area contributed by atoms with Crippen molar-refractivity contribution in [1.29, 1.82) is 0 Å². The van der Waals surface area contributed by atoms with Crippen LogP contribution in [-0.2, 0) is 6.54 Å². The summed E-state index contributed by atoms with van der Waals surface area (Å²) in [5.74, 6) is 0.165. The molecule has 74 valence electrons. The van der Waals surface area contributed by atoms with Gasteiger partial charge in [-0.15, -0.1) is 0 Å². The molecule has 0 spiro atoms. The van der Waals surface area contributed by atoms with Crippen LogP contribution < -0.4 is 11.3 Å². The Balaban J connectivity index is 2.72. The van der Waals surface area contributed by atoms with Crippen LogP contribution in [0, 0.1) is 0 Å². The molecule has 5 nitrogen and oxygen atoms in total. The number of hydrogen-bond acceptors (Lipinski definition) is 3. The van der Waals surface area contributed by atoms with Crippen molar-refractivity contribution in [3.63, 3.8) is 0 Å². The van der Waals surface area contributed by atoms with Crippen molar-refractivity contribution in [2.45, 2.75) is 19.9 Å². The highest BCUT2D eigenvalue weighted by Crippen LogP contribution is 2.09. The second-order valence-electron chi connectivity index (χ2n) is 3.20. The minimum absolute atomic E-state index is 0.165. The third-order valence-electron chi connectivity index (χ3n) is 2.11. The Labute approximate surface area is 80.6 Å². The molecule has 0 aliphatic carbocycles. The lowest BCUT2D eigenvalue weighted by molar-refractivity contribution is 0.697. The van der Waals surface area contributed by atoms with E-state index in [0.717, 1.165) is 13.0 Å². The Morgan fingerprint density at radius 2 is 2.43 bits per heavy atom. The van der Waals surface area contributed by atoms with Gasteiger partial charge >= 0.3 is 0 Å². The summed E-state index contributed by atoms with van der Waals surface area (Å²) in [5.41, 5.74) is 5.95. The van der Waals surface area contributed by atoms with E-state index in [1.54, 1.807) is 6.07 Å². The van der Waals surface area contributed by atoms with E-state index < -0.39 is 0 Å². The van der Waals surface area contributed by atoms with Crippen LogP contribution in [0.1, 0.15) is 13.3 Å². The molecule has 2 heterocycles. The van der Waals surface area contributed by atoms with E-state index in [4.69, 9.17) is 5.73 Å². The smallest absolute Gasteiger partial charge is 0.261 e. The summed E-state index contributed by atoms with van der Waals surface area (Å²) < 4.78 is 1.93. The minimum atomic E-state index is -0.178. The van der Waals surface area contributed by atoms with Crippen LogP contribution in [0.25, 0.3) is 11.0 Å². The molecule has 14 heavy (non-hydrogen) atoms. The van der Waals surface area contributed by atoms with E-state index in [-0.39, 0.29) is 11.5 Å². The fraction of sp³-hybridized carbons (Fsp3) is 0.333. The van der Waals surface area contributed by atoms with Crippen LogP contribution in [0.4, 0.5) is 5.95 Å². The third kappa shape index (κ3) is 1.26. The van der Waals surface area contributed by atoms with E-state index in [2.05, 4.69) is 16.9 Å². The van der Waals surface area contributed by atoms with Gasteiger partial charge in [0.15, 0.2) is 0 Å². The zero-order valence-electron chi connectivity index (χ0n) is 7.95. The summed E-state index contributed by atoms with van der Waals surface area (Å²) in [4.78, 5) is 18.0. The van der Waals surface area contributed by atoms with Gasteiger partial charge in [0, 0.05) is 12.7 Å². The van der Waals surface area contributed by atoms with Crippen molar-refractivity contribution in [2.75, 3.05) is 5.73 Å². The minimum Gasteiger partial charge on any atom is -0.369 e. The van der Waals surface area contributed by atoms with Gasteiger partial charge < -0.3 is 10.3 Å². The maximum absolute atomic E-state index is 11.4. The number of aromatic amines is 1. The number of aryl methyl sites for hydroxylation is 1. The maximum Gasteiger partial charge on any atom is 0.261 e. The molecule has 0 atom stereocenters. The molecule has 0 fully saturated rings. The fourth-order valence-electron chi connectivity index (χ4n) is 1.51.